The number of carbonyl (C=O) groups is 1. The molecule has 1 amide bonds. The smallest absolute Gasteiger partial charge is 0.273 e. The first-order valence-corrected chi connectivity index (χ1v) is 10.7. The summed E-state index contributed by atoms with van der Waals surface area (Å²) in [5, 5.41) is 2.89. The van der Waals surface area contributed by atoms with Gasteiger partial charge in [0, 0.05) is 19.6 Å². The topological polar surface area (TPSA) is 58.4 Å². The van der Waals surface area contributed by atoms with Gasteiger partial charge >= 0.3 is 0 Å². The van der Waals surface area contributed by atoms with Crippen molar-refractivity contribution in [2.45, 2.75) is 33.1 Å². The van der Waals surface area contributed by atoms with Gasteiger partial charge in [-0.1, -0.05) is 90.5 Å². The molecule has 0 radical (unpaired) electrons. The van der Waals surface area contributed by atoms with Crippen LogP contribution in [-0.4, -0.2) is 15.8 Å². The number of hydrogen-bond acceptors (Lipinski definition) is 4. The Morgan fingerprint density at radius 3 is 2.06 bits per heavy atom. The van der Waals surface area contributed by atoms with Crippen LogP contribution in [0.1, 0.15) is 38.6 Å². The first kappa shape index (κ1) is 21.5. The molecule has 3 aromatic carbocycles. The van der Waals surface area contributed by atoms with E-state index in [1.165, 1.54) is 23.0 Å². The Morgan fingerprint density at radius 1 is 0.812 bits per heavy atom. The summed E-state index contributed by atoms with van der Waals surface area (Å²) in [5.74, 6) is 0.287. The normalized spacial score (nSPS) is 10.9. The molecule has 4 aromatic rings. The van der Waals surface area contributed by atoms with Crippen LogP contribution in [0.25, 0.3) is 0 Å². The number of nitrogens with zero attached hydrogens (tertiary/aromatic N) is 2. The van der Waals surface area contributed by atoms with Gasteiger partial charge < -0.3 is 9.73 Å². The van der Waals surface area contributed by atoms with Crippen LogP contribution in [-0.2, 0) is 26.2 Å². The summed E-state index contributed by atoms with van der Waals surface area (Å²) in [4.78, 5) is 19.2. The predicted octanol–water partition coefficient (Wildman–Crippen LogP) is 5.12. The van der Waals surface area contributed by atoms with E-state index in [2.05, 4.69) is 58.5 Å². The number of aryl methyl sites for hydroxylation is 1. The van der Waals surface area contributed by atoms with Crippen molar-refractivity contribution in [2.75, 3.05) is 0 Å². The molecule has 0 fully saturated rings. The molecule has 0 spiro atoms. The lowest BCUT2D eigenvalue weighted by molar-refractivity contribution is 0.0945. The summed E-state index contributed by atoms with van der Waals surface area (Å²) in [6, 6.07) is 28.6. The minimum atomic E-state index is -0.239. The highest BCUT2D eigenvalue weighted by atomic mass is 16.3. The zero-order valence-corrected chi connectivity index (χ0v) is 18.2. The summed E-state index contributed by atoms with van der Waals surface area (Å²) in [5.41, 5.74) is 5.01. The van der Waals surface area contributed by atoms with Crippen molar-refractivity contribution >= 4 is 5.91 Å². The van der Waals surface area contributed by atoms with E-state index in [9.17, 15) is 4.79 Å². The largest absolute Gasteiger partial charge is 0.447 e. The second-order valence-corrected chi connectivity index (χ2v) is 7.91. The van der Waals surface area contributed by atoms with Crippen LogP contribution in [0, 0.1) is 6.92 Å². The van der Waals surface area contributed by atoms with Gasteiger partial charge in [-0.25, -0.2) is 4.98 Å². The third-order valence-electron chi connectivity index (χ3n) is 5.21. The Balaban J connectivity index is 1.42. The van der Waals surface area contributed by atoms with Crippen LogP contribution in [0.4, 0.5) is 0 Å². The summed E-state index contributed by atoms with van der Waals surface area (Å²) in [7, 11) is 0. The Kier molecular flexibility index (Phi) is 7.10. The molecule has 32 heavy (non-hydrogen) atoms. The van der Waals surface area contributed by atoms with Crippen LogP contribution < -0.4 is 5.32 Å². The number of hydrogen-bond donors (Lipinski definition) is 1. The van der Waals surface area contributed by atoms with Gasteiger partial charge in [-0.05, 0) is 23.6 Å². The maximum Gasteiger partial charge on any atom is 0.273 e. The van der Waals surface area contributed by atoms with Crippen molar-refractivity contribution in [1.82, 2.24) is 15.2 Å². The Bertz CT molecular complexity index is 1120. The van der Waals surface area contributed by atoms with Gasteiger partial charge in [-0.3, -0.25) is 9.69 Å². The van der Waals surface area contributed by atoms with E-state index in [0.717, 1.165) is 18.7 Å². The van der Waals surface area contributed by atoms with Crippen molar-refractivity contribution in [3.05, 3.63) is 125 Å². The zero-order chi connectivity index (χ0) is 22.2. The maximum atomic E-state index is 12.5. The highest BCUT2D eigenvalue weighted by Crippen LogP contribution is 2.15. The van der Waals surface area contributed by atoms with Crippen LogP contribution in [0.15, 0.2) is 95.6 Å². The van der Waals surface area contributed by atoms with E-state index in [1.54, 1.807) is 0 Å². The Morgan fingerprint density at radius 2 is 1.41 bits per heavy atom. The average Bonchev–Trinajstić information content (AvgIpc) is 3.29. The number of benzene rings is 3. The lowest BCUT2D eigenvalue weighted by Crippen LogP contribution is -2.24. The van der Waals surface area contributed by atoms with Crippen LogP contribution >= 0.6 is 0 Å². The molecule has 0 saturated carbocycles. The van der Waals surface area contributed by atoms with Crippen molar-refractivity contribution in [3.8, 4) is 0 Å². The van der Waals surface area contributed by atoms with Gasteiger partial charge in [0.1, 0.15) is 6.26 Å². The summed E-state index contributed by atoms with van der Waals surface area (Å²) >= 11 is 0. The molecular formula is C27H27N3O2. The third-order valence-corrected chi connectivity index (χ3v) is 5.21. The molecular weight excluding hydrogens is 398 g/mol. The first-order valence-electron chi connectivity index (χ1n) is 10.7. The standard InChI is InChI=1S/C27H27N3O2/c1-21-12-14-24(15-13-21)18-30(17-23-10-6-3-7-11-23)19-26-29-25(20-32-26)27(31)28-16-22-8-4-2-5-9-22/h2-15,20H,16-19H2,1H3,(H,28,31). The van der Waals surface area contributed by atoms with E-state index in [4.69, 9.17) is 4.42 Å². The number of amides is 1. The lowest BCUT2D eigenvalue weighted by Gasteiger charge is -2.21. The predicted molar refractivity (Wildman–Crippen MR) is 125 cm³/mol. The molecule has 5 heteroatoms. The highest BCUT2D eigenvalue weighted by Gasteiger charge is 2.16. The van der Waals surface area contributed by atoms with E-state index in [1.807, 2.05) is 48.5 Å². The third kappa shape index (κ3) is 6.15. The monoisotopic (exact) mass is 425 g/mol. The minimum absolute atomic E-state index is 0.239. The molecule has 0 bridgehead atoms. The second kappa shape index (κ2) is 10.6. The van der Waals surface area contributed by atoms with Gasteiger partial charge in [0.25, 0.3) is 5.91 Å². The highest BCUT2D eigenvalue weighted by molar-refractivity contribution is 5.91. The molecule has 0 saturated heterocycles. The molecule has 5 nitrogen and oxygen atoms in total. The van der Waals surface area contributed by atoms with Crippen molar-refractivity contribution < 1.29 is 9.21 Å². The molecule has 1 aromatic heterocycles. The van der Waals surface area contributed by atoms with Crippen LogP contribution in [0.3, 0.4) is 0 Å². The maximum absolute atomic E-state index is 12.5. The summed E-state index contributed by atoms with van der Waals surface area (Å²) < 4.78 is 5.65. The fourth-order valence-electron chi connectivity index (χ4n) is 3.51. The van der Waals surface area contributed by atoms with Gasteiger partial charge in [0.2, 0.25) is 5.89 Å². The number of oxazole rings is 1. The van der Waals surface area contributed by atoms with Crippen molar-refractivity contribution in [2.24, 2.45) is 0 Å². The van der Waals surface area contributed by atoms with Gasteiger partial charge in [0.15, 0.2) is 5.69 Å². The van der Waals surface area contributed by atoms with E-state index < -0.39 is 0 Å². The Hall–Kier alpha value is -3.70. The zero-order valence-electron chi connectivity index (χ0n) is 18.2. The fraction of sp³-hybridized carbons (Fsp3) is 0.185. The molecule has 162 valence electrons. The number of nitrogens with one attached hydrogen (secondary N) is 1. The number of rotatable bonds is 9. The van der Waals surface area contributed by atoms with E-state index in [0.29, 0.717) is 24.7 Å². The van der Waals surface area contributed by atoms with Crippen LogP contribution in [0.2, 0.25) is 0 Å². The quantitative estimate of drug-likeness (QED) is 0.405. The molecule has 0 atom stereocenters. The Labute approximate surface area is 188 Å². The van der Waals surface area contributed by atoms with Crippen LogP contribution in [0.5, 0.6) is 0 Å². The van der Waals surface area contributed by atoms with Gasteiger partial charge in [0.05, 0.1) is 6.54 Å². The van der Waals surface area contributed by atoms with Crippen molar-refractivity contribution in [3.63, 3.8) is 0 Å². The SMILES string of the molecule is Cc1ccc(CN(Cc2ccccc2)Cc2nc(C(=O)NCc3ccccc3)co2)cc1. The fourth-order valence-corrected chi connectivity index (χ4v) is 3.51. The number of aromatic nitrogens is 1. The minimum Gasteiger partial charge on any atom is -0.447 e. The van der Waals surface area contributed by atoms with Crippen molar-refractivity contribution in [1.29, 1.82) is 0 Å². The molecule has 4 rings (SSSR count). The van der Waals surface area contributed by atoms with E-state index >= 15 is 0 Å². The lowest BCUT2D eigenvalue weighted by atomic mass is 10.1. The molecule has 1 N–H and O–H groups in total. The number of carbonyl (C=O) groups excluding carboxylic acids is 1. The molecule has 1 heterocycles. The van der Waals surface area contributed by atoms with Gasteiger partial charge in [-0.2, -0.15) is 0 Å². The molecule has 0 unspecified atom stereocenters. The molecule has 0 aliphatic heterocycles. The summed E-state index contributed by atoms with van der Waals surface area (Å²) in [6.45, 7) is 4.56. The van der Waals surface area contributed by atoms with Gasteiger partial charge in [-0.15, -0.1) is 0 Å². The first-order chi connectivity index (χ1) is 15.7. The average molecular weight is 426 g/mol. The summed E-state index contributed by atoms with van der Waals surface area (Å²) in [6.07, 6.45) is 1.43. The molecule has 0 aliphatic rings. The van der Waals surface area contributed by atoms with E-state index in [-0.39, 0.29) is 5.91 Å². The molecule has 0 aliphatic carbocycles. The second-order valence-electron chi connectivity index (χ2n) is 7.91.